The number of hydrogen-bond acceptors (Lipinski definition) is 3. The van der Waals surface area contributed by atoms with Gasteiger partial charge in [0.15, 0.2) is 5.84 Å². The minimum atomic E-state index is 0.123. The standard InChI is InChI=1S/C16H19N3O/c1-12-4-3-5-13(10-12)11-19(2)15-8-6-14(7-9-15)16(17)18-20/h3-10,20H,11H2,1-2H3,(H2,17,18). The minimum Gasteiger partial charge on any atom is -0.409 e. The number of rotatable bonds is 4. The van der Waals surface area contributed by atoms with Gasteiger partial charge in [-0.05, 0) is 36.8 Å². The number of oxime groups is 1. The highest BCUT2D eigenvalue weighted by molar-refractivity contribution is 5.97. The van der Waals surface area contributed by atoms with Crippen LogP contribution in [-0.4, -0.2) is 18.1 Å². The SMILES string of the molecule is Cc1cccc(CN(C)c2ccc(C(N)=NO)cc2)c1. The molecule has 0 aliphatic heterocycles. The molecule has 0 unspecified atom stereocenters. The smallest absolute Gasteiger partial charge is 0.170 e. The Morgan fingerprint density at radius 2 is 1.90 bits per heavy atom. The molecule has 0 bridgehead atoms. The second-order valence-electron chi connectivity index (χ2n) is 4.88. The Labute approximate surface area is 119 Å². The quantitative estimate of drug-likeness (QED) is 0.388. The molecular formula is C16H19N3O. The summed E-state index contributed by atoms with van der Waals surface area (Å²) in [4.78, 5) is 2.16. The monoisotopic (exact) mass is 269 g/mol. The molecule has 0 aliphatic carbocycles. The maximum absolute atomic E-state index is 8.64. The summed E-state index contributed by atoms with van der Waals surface area (Å²) < 4.78 is 0. The summed E-state index contributed by atoms with van der Waals surface area (Å²) >= 11 is 0. The maximum atomic E-state index is 8.64. The summed E-state index contributed by atoms with van der Waals surface area (Å²) in [6.45, 7) is 2.93. The van der Waals surface area contributed by atoms with Crippen molar-refractivity contribution in [3.63, 3.8) is 0 Å². The van der Waals surface area contributed by atoms with Crippen molar-refractivity contribution in [3.05, 3.63) is 65.2 Å². The van der Waals surface area contributed by atoms with Crippen LogP contribution in [0.15, 0.2) is 53.7 Å². The first-order valence-electron chi connectivity index (χ1n) is 6.45. The Morgan fingerprint density at radius 1 is 1.20 bits per heavy atom. The van der Waals surface area contributed by atoms with E-state index in [0.717, 1.165) is 12.2 Å². The lowest BCUT2D eigenvalue weighted by molar-refractivity contribution is 0.318. The molecule has 0 saturated carbocycles. The topological polar surface area (TPSA) is 61.8 Å². The van der Waals surface area contributed by atoms with Gasteiger partial charge in [-0.1, -0.05) is 35.0 Å². The number of nitrogens with two attached hydrogens (primary N) is 1. The fourth-order valence-corrected chi connectivity index (χ4v) is 2.12. The zero-order valence-corrected chi connectivity index (χ0v) is 11.7. The van der Waals surface area contributed by atoms with Crippen LogP contribution in [0.4, 0.5) is 5.69 Å². The Hall–Kier alpha value is -2.49. The molecule has 0 aliphatic rings. The lowest BCUT2D eigenvalue weighted by atomic mass is 10.1. The average Bonchev–Trinajstić information content (AvgIpc) is 2.46. The first kappa shape index (κ1) is 13.9. The van der Waals surface area contributed by atoms with Gasteiger partial charge >= 0.3 is 0 Å². The third kappa shape index (κ3) is 3.29. The number of amidine groups is 1. The van der Waals surface area contributed by atoms with Gasteiger partial charge in [0.05, 0.1) is 0 Å². The van der Waals surface area contributed by atoms with Crippen LogP contribution < -0.4 is 10.6 Å². The number of aryl methyl sites for hydroxylation is 1. The third-order valence-electron chi connectivity index (χ3n) is 3.21. The van der Waals surface area contributed by atoms with Gasteiger partial charge in [0, 0.05) is 24.8 Å². The first-order chi connectivity index (χ1) is 9.60. The molecule has 0 atom stereocenters. The predicted octanol–water partition coefficient (Wildman–Crippen LogP) is 2.73. The molecular weight excluding hydrogens is 250 g/mol. The van der Waals surface area contributed by atoms with E-state index in [0.29, 0.717) is 5.56 Å². The summed E-state index contributed by atoms with van der Waals surface area (Å²) in [6, 6.07) is 16.1. The van der Waals surface area contributed by atoms with Crippen LogP contribution in [-0.2, 0) is 6.54 Å². The molecule has 0 fully saturated rings. The summed E-state index contributed by atoms with van der Waals surface area (Å²) in [5, 5.41) is 11.6. The highest BCUT2D eigenvalue weighted by Crippen LogP contribution is 2.17. The van der Waals surface area contributed by atoms with Crippen LogP contribution in [0.1, 0.15) is 16.7 Å². The summed E-state index contributed by atoms with van der Waals surface area (Å²) in [5.41, 5.74) is 9.87. The van der Waals surface area contributed by atoms with E-state index in [4.69, 9.17) is 10.9 Å². The van der Waals surface area contributed by atoms with E-state index in [1.165, 1.54) is 11.1 Å². The van der Waals surface area contributed by atoms with E-state index in [2.05, 4.69) is 41.2 Å². The molecule has 0 heterocycles. The van der Waals surface area contributed by atoms with Crippen molar-refractivity contribution in [1.82, 2.24) is 0 Å². The average molecular weight is 269 g/mol. The summed E-state index contributed by atoms with van der Waals surface area (Å²) in [6.07, 6.45) is 0. The number of benzene rings is 2. The molecule has 0 radical (unpaired) electrons. The van der Waals surface area contributed by atoms with Crippen LogP contribution >= 0.6 is 0 Å². The van der Waals surface area contributed by atoms with Crippen LogP contribution in [0.2, 0.25) is 0 Å². The Bertz CT molecular complexity index is 605. The lowest BCUT2D eigenvalue weighted by Gasteiger charge is -2.20. The number of anilines is 1. The van der Waals surface area contributed by atoms with Crippen molar-refractivity contribution in [1.29, 1.82) is 0 Å². The van der Waals surface area contributed by atoms with Gasteiger partial charge in [-0.15, -0.1) is 0 Å². The molecule has 0 amide bonds. The lowest BCUT2D eigenvalue weighted by Crippen LogP contribution is -2.17. The van der Waals surface area contributed by atoms with Gasteiger partial charge in [0.2, 0.25) is 0 Å². The zero-order valence-electron chi connectivity index (χ0n) is 11.7. The molecule has 2 aromatic carbocycles. The molecule has 20 heavy (non-hydrogen) atoms. The molecule has 3 N–H and O–H groups in total. The van der Waals surface area contributed by atoms with Gasteiger partial charge in [0.25, 0.3) is 0 Å². The zero-order chi connectivity index (χ0) is 14.5. The van der Waals surface area contributed by atoms with Crippen LogP contribution in [0, 0.1) is 6.92 Å². The Balaban J connectivity index is 2.11. The molecule has 0 aromatic heterocycles. The molecule has 2 rings (SSSR count). The van der Waals surface area contributed by atoms with Gasteiger partial charge in [-0.3, -0.25) is 0 Å². The van der Waals surface area contributed by atoms with E-state index in [9.17, 15) is 0 Å². The van der Waals surface area contributed by atoms with Crippen molar-refractivity contribution in [2.24, 2.45) is 10.9 Å². The van der Waals surface area contributed by atoms with Crippen molar-refractivity contribution >= 4 is 11.5 Å². The Morgan fingerprint density at radius 3 is 2.50 bits per heavy atom. The van der Waals surface area contributed by atoms with Crippen molar-refractivity contribution < 1.29 is 5.21 Å². The van der Waals surface area contributed by atoms with E-state index in [1.54, 1.807) is 0 Å². The van der Waals surface area contributed by atoms with Crippen LogP contribution in [0.25, 0.3) is 0 Å². The minimum absolute atomic E-state index is 0.123. The van der Waals surface area contributed by atoms with E-state index >= 15 is 0 Å². The predicted molar refractivity (Wildman–Crippen MR) is 82.2 cm³/mol. The summed E-state index contributed by atoms with van der Waals surface area (Å²) in [7, 11) is 2.04. The molecule has 0 spiro atoms. The molecule has 104 valence electrons. The van der Waals surface area contributed by atoms with E-state index in [-0.39, 0.29) is 5.84 Å². The highest BCUT2D eigenvalue weighted by atomic mass is 16.4. The third-order valence-corrected chi connectivity index (χ3v) is 3.21. The molecule has 2 aromatic rings. The van der Waals surface area contributed by atoms with Crippen molar-refractivity contribution in [2.45, 2.75) is 13.5 Å². The van der Waals surface area contributed by atoms with Crippen LogP contribution in [0.3, 0.4) is 0 Å². The fraction of sp³-hybridized carbons (Fsp3) is 0.188. The maximum Gasteiger partial charge on any atom is 0.170 e. The highest BCUT2D eigenvalue weighted by Gasteiger charge is 2.04. The number of nitrogens with zero attached hydrogens (tertiary/aromatic N) is 2. The van der Waals surface area contributed by atoms with E-state index < -0.39 is 0 Å². The van der Waals surface area contributed by atoms with Crippen molar-refractivity contribution in [2.75, 3.05) is 11.9 Å². The second-order valence-corrected chi connectivity index (χ2v) is 4.88. The first-order valence-corrected chi connectivity index (χ1v) is 6.45. The van der Waals surface area contributed by atoms with Gasteiger partial charge in [-0.2, -0.15) is 0 Å². The van der Waals surface area contributed by atoms with Gasteiger partial charge in [-0.25, -0.2) is 0 Å². The summed E-state index contributed by atoms with van der Waals surface area (Å²) in [5.74, 6) is 0.123. The van der Waals surface area contributed by atoms with E-state index in [1.807, 2.05) is 31.3 Å². The van der Waals surface area contributed by atoms with Crippen LogP contribution in [0.5, 0.6) is 0 Å². The van der Waals surface area contributed by atoms with Gasteiger partial charge in [0.1, 0.15) is 0 Å². The molecule has 4 nitrogen and oxygen atoms in total. The second kappa shape index (κ2) is 6.10. The molecule has 4 heteroatoms. The Kier molecular flexibility index (Phi) is 4.25. The van der Waals surface area contributed by atoms with Gasteiger partial charge < -0.3 is 15.8 Å². The fourth-order valence-electron chi connectivity index (χ4n) is 2.12. The normalized spacial score (nSPS) is 11.4. The number of hydrogen-bond donors (Lipinski definition) is 2. The largest absolute Gasteiger partial charge is 0.409 e. The van der Waals surface area contributed by atoms with Crippen molar-refractivity contribution in [3.8, 4) is 0 Å². The molecule has 0 saturated heterocycles.